The molecule has 1 unspecified atom stereocenters. The van der Waals surface area contributed by atoms with Gasteiger partial charge in [-0.2, -0.15) is 0 Å². The number of aliphatic hydroxyl groups excluding tert-OH is 1. The van der Waals surface area contributed by atoms with Crippen molar-refractivity contribution in [2.24, 2.45) is 0 Å². The number of β-amino-alcohol motifs (C(OH)–C–C–N with tert-alkyl or cyclic N) is 1. The number of fused-ring (bicyclic) bond motifs is 1. The summed E-state index contributed by atoms with van der Waals surface area (Å²) >= 11 is 0. The van der Waals surface area contributed by atoms with Gasteiger partial charge in [0.2, 0.25) is 5.95 Å². The lowest BCUT2D eigenvalue weighted by molar-refractivity contribution is 0.177. The van der Waals surface area contributed by atoms with Crippen LogP contribution in [0.25, 0.3) is 11.4 Å². The lowest BCUT2D eigenvalue weighted by atomic mass is 10.1. The maximum atomic E-state index is 12.7. The summed E-state index contributed by atoms with van der Waals surface area (Å²) in [6, 6.07) is 12.9. The topological polar surface area (TPSA) is 84.1 Å². The van der Waals surface area contributed by atoms with Crippen molar-refractivity contribution in [1.82, 2.24) is 19.5 Å². The van der Waals surface area contributed by atoms with Gasteiger partial charge in [-0.3, -0.25) is 9.36 Å². The molecule has 1 aliphatic rings. The average Bonchev–Trinajstić information content (AvgIpc) is 2.71. The van der Waals surface area contributed by atoms with Crippen LogP contribution in [0.4, 0.5) is 5.95 Å². The highest BCUT2D eigenvalue weighted by Crippen LogP contribution is 2.26. The van der Waals surface area contributed by atoms with Crippen LogP contribution < -0.4 is 10.5 Å². The molecule has 138 valence electrons. The molecule has 1 N–H and O–H groups in total. The second-order valence-corrected chi connectivity index (χ2v) is 6.74. The van der Waals surface area contributed by atoms with Crippen LogP contribution in [0, 0.1) is 0 Å². The Morgan fingerprint density at radius 2 is 2.04 bits per heavy atom. The van der Waals surface area contributed by atoms with Crippen LogP contribution in [0.15, 0.2) is 59.8 Å². The van der Waals surface area contributed by atoms with Crippen molar-refractivity contribution >= 4 is 5.95 Å². The smallest absolute Gasteiger partial charge is 0.255 e. The van der Waals surface area contributed by atoms with E-state index in [2.05, 4.69) is 16.9 Å². The highest BCUT2D eigenvalue weighted by atomic mass is 16.3. The number of rotatable bonds is 4. The SMILES string of the molecule is CC1CCn2c(nc(-c3ccncn3)cc2=O)N1C[C@H](O)c1ccccc1. The van der Waals surface area contributed by atoms with E-state index in [-0.39, 0.29) is 11.6 Å². The molecule has 2 atom stereocenters. The molecule has 3 heterocycles. The summed E-state index contributed by atoms with van der Waals surface area (Å²) in [7, 11) is 0. The minimum Gasteiger partial charge on any atom is -0.387 e. The normalized spacial score (nSPS) is 17.4. The second-order valence-electron chi connectivity index (χ2n) is 6.74. The van der Waals surface area contributed by atoms with Crippen molar-refractivity contribution in [2.75, 3.05) is 11.4 Å². The Bertz CT molecular complexity index is 975. The van der Waals surface area contributed by atoms with E-state index < -0.39 is 6.10 Å². The maximum Gasteiger partial charge on any atom is 0.255 e. The molecule has 7 heteroatoms. The zero-order chi connectivity index (χ0) is 18.8. The number of anilines is 1. The molecule has 0 spiro atoms. The molecule has 0 fully saturated rings. The van der Waals surface area contributed by atoms with Gasteiger partial charge in [0.1, 0.15) is 6.33 Å². The lowest BCUT2D eigenvalue weighted by Crippen LogP contribution is -2.45. The molecular weight excluding hydrogens is 342 g/mol. The number of aromatic nitrogens is 4. The van der Waals surface area contributed by atoms with E-state index >= 15 is 0 Å². The minimum absolute atomic E-state index is 0.111. The molecule has 7 nitrogen and oxygen atoms in total. The van der Waals surface area contributed by atoms with Crippen LogP contribution in [0.5, 0.6) is 0 Å². The Balaban J connectivity index is 1.72. The summed E-state index contributed by atoms with van der Waals surface area (Å²) in [5.41, 5.74) is 1.85. The maximum absolute atomic E-state index is 12.7. The van der Waals surface area contributed by atoms with Crippen molar-refractivity contribution in [2.45, 2.75) is 32.0 Å². The van der Waals surface area contributed by atoms with Crippen molar-refractivity contribution in [3.8, 4) is 11.4 Å². The second kappa shape index (κ2) is 7.28. The average molecular weight is 363 g/mol. The highest BCUT2D eigenvalue weighted by Gasteiger charge is 2.28. The van der Waals surface area contributed by atoms with E-state index in [0.717, 1.165) is 12.0 Å². The third kappa shape index (κ3) is 3.46. The van der Waals surface area contributed by atoms with Gasteiger partial charge in [0.05, 0.1) is 24.0 Å². The van der Waals surface area contributed by atoms with E-state index in [1.165, 1.54) is 12.4 Å². The van der Waals surface area contributed by atoms with E-state index in [0.29, 0.717) is 30.4 Å². The van der Waals surface area contributed by atoms with Gasteiger partial charge < -0.3 is 10.0 Å². The van der Waals surface area contributed by atoms with E-state index in [4.69, 9.17) is 4.98 Å². The molecule has 1 aliphatic heterocycles. The van der Waals surface area contributed by atoms with Crippen LogP contribution in [-0.2, 0) is 6.54 Å². The zero-order valence-electron chi connectivity index (χ0n) is 15.1. The van der Waals surface area contributed by atoms with Crippen LogP contribution in [0.1, 0.15) is 25.0 Å². The van der Waals surface area contributed by atoms with Crippen molar-refractivity contribution < 1.29 is 5.11 Å². The van der Waals surface area contributed by atoms with Crippen molar-refractivity contribution in [1.29, 1.82) is 0 Å². The Labute approximate surface area is 157 Å². The third-order valence-corrected chi connectivity index (χ3v) is 4.95. The van der Waals surface area contributed by atoms with Crippen LogP contribution in [-0.4, -0.2) is 37.2 Å². The molecule has 27 heavy (non-hydrogen) atoms. The number of nitrogens with zero attached hydrogens (tertiary/aromatic N) is 5. The van der Waals surface area contributed by atoms with Gasteiger partial charge >= 0.3 is 0 Å². The predicted molar refractivity (Wildman–Crippen MR) is 102 cm³/mol. The lowest BCUT2D eigenvalue weighted by Gasteiger charge is -2.37. The molecule has 0 radical (unpaired) electrons. The highest BCUT2D eigenvalue weighted by molar-refractivity contribution is 5.55. The molecular formula is C20H21N5O2. The van der Waals surface area contributed by atoms with E-state index in [1.54, 1.807) is 16.8 Å². The molecule has 1 aromatic carbocycles. The Hall–Kier alpha value is -3.06. The van der Waals surface area contributed by atoms with Crippen LogP contribution in [0.2, 0.25) is 0 Å². The van der Waals surface area contributed by atoms with Gasteiger partial charge in [0.15, 0.2) is 0 Å². The summed E-state index contributed by atoms with van der Waals surface area (Å²) in [4.78, 5) is 27.5. The Kier molecular flexibility index (Phi) is 4.68. The molecule has 0 saturated heterocycles. The quantitative estimate of drug-likeness (QED) is 0.764. The number of benzene rings is 1. The fourth-order valence-electron chi connectivity index (χ4n) is 3.39. The van der Waals surface area contributed by atoms with Gasteiger partial charge in [0.25, 0.3) is 5.56 Å². The first-order chi connectivity index (χ1) is 13.1. The molecule has 0 aliphatic carbocycles. The van der Waals surface area contributed by atoms with Crippen molar-refractivity contribution in [3.05, 3.63) is 70.9 Å². The predicted octanol–water partition coefficient (Wildman–Crippen LogP) is 2.03. The zero-order valence-corrected chi connectivity index (χ0v) is 15.1. The fourth-order valence-corrected chi connectivity index (χ4v) is 3.39. The first-order valence-corrected chi connectivity index (χ1v) is 9.01. The number of hydrogen-bond acceptors (Lipinski definition) is 6. The molecule has 4 rings (SSSR count). The molecule has 2 aromatic heterocycles. The third-order valence-electron chi connectivity index (χ3n) is 4.95. The Morgan fingerprint density at radius 1 is 1.22 bits per heavy atom. The van der Waals surface area contributed by atoms with Gasteiger partial charge in [-0.1, -0.05) is 30.3 Å². The molecule has 0 amide bonds. The largest absolute Gasteiger partial charge is 0.387 e. The summed E-state index contributed by atoms with van der Waals surface area (Å²) in [5.74, 6) is 0.574. The Morgan fingerprint density at radius 3 is 2.78 bits per heavy atom. The summed E-state index contributed by atoms with van der Waals surface area (Å²) in [6.07, 6.45) is 3.22. The number of hydrogen-bond donors (Lipinski definition) is 1. The van der Waals surface area contributed by atoms with E-state index in [1.807, 2.05) is 35.2 Å². The van der Waals surface area contributed by atoms with Gasteiger partial charge in [-0.25, -0.2) is 15.0 Å². The van der Waals surface area contributed by atoms with Gasteiger partial charge in [-0.05, 0) is 25.0 Å². The summed E-state index contributed by atoms with van der Waals surface area (Å²) < 4.78 is 1.67. The van der Waals surface area contributed by atoms with Crippen LogP contribution >= 0.6 is 0 Å². The van der Waals surface area contributed by atoms with E-state index in [9.17, 15) is 9.90 Å². The summed E-state index contributed by atoms with van der Waals surface area (Å²) in [6.45, 7) is 3.07. The fraction of sp³-hybridized carbons (Fsp3) is 0.300. The first-order valence-electron chi connectivity index (χ1n) is 9.01. The standard InChI is InChI=1S/C20H21N5O2/c1-14-8-10-24-19(27)11-17(16-7-9-21-13-22-16)23-20(24)25(14)12-18(26)15-5-3-2-4-6-15/h2-7,9,11,13-14,18,26H,8,10,12H2,1H3/t14?,18-/m0/s1. The van der Waals surface area contributed by atoms with Crippen molar-refractivity contribution in [3.63, 3.8) is 0 Å². The van der Waals surface area contributed by atoms with Crippen LogP contribution in [0.3, 0.4) is 0 Å². The molecule has 0 saturated carbocycles. The number of aliphatic hydroxyl groups is 1. The summed E-state index contributed by atoms with van der Waals surface area (Å²) in [5, 5.41) is 10.7. The molecule has 0 bridgehead atoms. The van der Waals surface area contributed by atoms with Gasteiger partial charge in [-0.15, -0.1) is 0 Å². The van der Waals surface area contributed by atoms with Gasteiger partial charge in [0, 0.05) is 24.8 Å². The monoisotopic (exact) mass is 363 g/mol. The molecule has 3 aromatic rings. The first kappa shape index (κ1) is 17.4. The minimum atomic E-state index is -0.667.